The van der Waals surface area contributed by atoms with Crippen molar-refractivity contribution in [2.75, 3.05) is 20.3 Å². The van der Waals surface area contributed by atoms with E-state index in [1.807, 2.05) is 13.0 Å². The minimum absolute atomic E-state index is 0.00799. The molecular weight excluding hydrogens is 388 g/mol. The predicted octanol–water partition coefficient (Wildman–Crippen LogP) is 1.92. The van der Waals surface area contributed by atoms with Gasteiger partial charge < -0.3 is 9.47 Å². The van der Waals surface area contributed by atoms with E-state index < -0.39 is 24.4 Å². The fourth-order valence-corrected chi connectivity index (χ4v) is 3.06. The summed E-state index contributed by atoms with van der Waals surface area (Å²) in [5.41, 5.74) is 4.23. The fourth-order valence-electron chi connectivity index (χ4n) is 3.06. The van der Waals surface area contributed by atoms with Gasteiger partial charge in [-0.15, -0.1) is 0 Å². The number of benzene rings is 2. The van der Waals surface area contributed by atoms with Gasteiger partial charge in [0.25, 0.3) is 5.91 Å². The molecule has 3 rings (SSSR count). The van der Waals surface area contributed by atoms with Gasteiger partial charge >= 0.3 is 5.97 Å². The molecule has 1 fully saturated rings. The van der Waals surface area contributed by atoms with Crippen LogP contribution in [0.15, 0.2) is 48.5 Å². The maximum atomic E-state index is 12.3. The van der Waals surface area contributed by atoms with E-state index >= 15 is 0 Å². The van der Waals surface area contributed by atoms with Crippen LogP contribution in [0.1, 0.15) is 32.7 Å². The molecule has 1 saturated heterocycles. The maximum Gasteiger partial charge on any atom is 0.311 e. The van der Waals surface area contributed by atoms with E-state index in [0.717, 1.165) is 10.6 Å². The number of rotatable bonds is 7. The first-order chi connectivity index (χ1) is 14.4. The van der Waals surface area contributed by atoms with Crippen molar-refractivity contribution in [3.05, 3.63) is 65.2 Å². The lowest BCUT2D eigenvalue weighted by Gasteiger charge is -2.17. The summed E-state index contributed by atoms with van der Waals surface area (Å²) in [5, 5.41) is 1.11. The Balaban J connectivity index is 1.51. The molecule has 0 saturated carbocycles. The zero-order valence-electron chi connectivity index (χ0n) is 16.7. The molecule has 2 aromatic rings. The smallest absolute Gasteiger partial charge is 0.311 e. The van der Waals surface area contributed by atoms with Crippen molar-refractivity contribution < 1.29 is 28.7 Å². The summed E-state index contributed by atoms with van der Waals surface area (Å²) in [4.78, 5) is 48.9. The second kappa shape index (κ2) is 9.21. The minimum Gasteiger partial charge on any atom is -0.497 e. The molecule has 30 heavy (non-hydrogen) atoms. The first-order valence-corrected chi connectivity index (χ1v) is 9.39. The Kier molecular flexibility index (Phi) is 6.46. The first-order valence-electron chi connectivity index (χ1n) is 9.39. The van der Waals surface area contributed by atoms with Crippen molar-refractivity contribution in [1.29, 1.82) is 0 Å². The van der Waals surface area contributed by atoms with Crippen molar-refractivity contribution in [2.45, 2.75) is 13.3 Å². The normalized spacial score (nSPS) is 15.6. The molecule has 2 aromatic carbocycles. The molecule has 8 nitrogen and oxygen atoms in total. The van der Waals surface area contributed by atoms with Gasteiger partial charge in [-0.25, -0.2) is 0 Å². The highest BCUT2D eigenvalue weighted by molar-refractivity contribution is 5.99. The highest BCUT2D eigenvalue weighted by atomic mass is 16.5. The summed E-state index contributed by atoms with van der Waals surface area (Å²) >= 11 is 0. The summed E-state index contributed by atoms with van der Waals surface area (Å²) < 4.78 is 10.1. The highest BCUT2D eigenvalue weighted by Crippen LogP contribution is 2.18. The minimum atomic E-state index is -0.751. The van der Waals surface area contributed by atoms with Gasteiger partial charge in [0.1, 0.15) is 5.75 Å². The van der Waals surface area contributed by atoms with E-state index in [1.54, 1.807) is 42.5 Å². The third kappa shape index (κ3) is 5.02. The van der Waals surface area contributed by atoms with Gasteiger partial charge in [0.05, 0.1) is 19.6 Å². The molecule has 156 valence electrons. The second-order valence-electron chi connectivity index (χ2n) is 6.98. The maximum absolute atomic E-state index is 12.3. The topological polar surface area (TPSA) is 102 Å². The molecule has 0 aliphatic carbocycles. The average molecular weight is 410 g/mol. The number of hydrogen-bond donors (Lipinski definition) is 1. The highest BCUT2D eigenvalue weighted by Gasteiger charge is 2.36. The van der Waals surface area contributed by atoms with Gasteiger partial charge in [-0.05, 0) is 43.3 Å². The van der Waals surface area contributed by atoms with Gasteiger partial charge in [0.2, 0.25) is 5.91 Å². The summed E-state index contributed by atoms with van der Waals surface area (Å²) in [5.74, 6) is -1.98. The third-order valence-corrected chi connectivity index (χ3v) is 4.73. The number of Topliss-reactive ketones (excluding diaryl/α,β-unsaturated/α-hetero) is 1. The molecule has 8 heteroatoms. The monoisotopic (exact) mass is 410 g/mol. The average Bonchev–Trinajstić information content (AvgIpc) is 3.12. The number of hydrazine groups is 1. The summed E-state index contributed by atoms with van der Waals surface area (Å²) in [7, 11) is 1.52. The second-order valence-corrected chi connectivity index (χ2v) is 6.98. The molecule has 1 N–H and O–H groups in total. The van der Waals surface area contributed by atoms with Crippen molar-refractivity contribution in [3.8, 4) is 5.75 Å². The number of methoxy groups -OCH3 is 1. The van der Waals surface area contributed by atoms with Crippen molar-refractivity contribution >= 4 is 23.6 Å². The van der Waals surface area contributed by atoms with Crippen molar-refractivity contribution in [1.82, 2.24) is 10.4 Å². The van der Waals surface area contributed by atoms with Crippen LogP contribution in [-0.2, 0) is 14.3 Å². The number of ether oxygens (including phenoxy) is 2. The molecule has 1 atom stereocenters. The fraction of sp³-hybridized carbons (Fsp3) is 0.273. The predicted molar refractivity (Wildman–Crippen MR) is 107 cm³/mol. The number of carbonyl (C=O) groups is 4. The number of amides is 2. The largest absolute Gasteiger partial charge is 0.497 e. The van der Waals surface area contributed by atoms with Gasteiger partial charge in [0, 0.05) is 17.5 Å². The Labute approximate surface area is 173 Å². The van der Waals surface area contributed by atoms with E-state index in [4.69, 9.17) is 9.47 Å². The standard InChI is InChI=1S/C22H22N2O6/c1-14-4-3-5-16(10-14)21(27)23-24-12-17(11-20(24)26)22(28)30-13-19(25)15-6-8-18(29-2)9-7-15/h3-10,17H,11-13H2,1-2H3,(H,23,27)/t17-/m1/s1. The van der Waals surface area contributed by atoms with Crippen LogP contribution in [0.3, 0.4) is 0 Å². The van der Waals surface area contributed by atoms with Crippen LogP contribution in [0, 0.1) is 12.8 Å². The molecule has 0 bridgehead atoms. The zero-order chi connectivity index (χ0) is 21.7. The molecule has 1 heterocycles. The summed E-state index contributed by atoms with van der Waals surface area (Å²) in [6, 6.07) is 13.4. The SMILES string of the molecule is COc1ccc(C(=O)COC(=O)[C@@H]2CC(=O)N(NC(=O)c3cccc(C)c3)C2)cc1. The zero-order valence-corrected chi connectivity index (χ0v) is 16.7. The van der Waals surface area contributed by atoms with Crippen LogP contribution in [0.25, 0.3) is 0 Å². The number of esters is 1. The Morgan fingerprint density at radius 1 is 1.10 bits per heavy atom. The van der Waals surface area contributed by atoms with Crippen LogP contribution in [0.5, 0.6) is 5.75 Å². The lowest BCUT2D eigenvalue weighted by atomic mass is 10.1. The molecule has 0 aromatic heterocycles. The Hall–Kier alpha value is -3.68. The van der Waals surface area contributed by atoms with Gasteiger partial charge in [-0.3, -0.25) is 29.6 Å². The van der Waals surface area contributed by atoms with E-state index in [-0.39, 0.29) is 24.7 Å². The van der Waals surface area contributed by atoms with E-state index in [0.29, 0.717) is 16.9 Å². The molecule has 0 spiro atoms. The number of nitrogens with zero attached hydrogens (tertiary/aromatic N) is 1. The van der Waals surface area contributed by atoms with E-state index in [9.17, 15) is 19.2 Å². The summed E-state index contributed by atoms with van der Waals surface area (Å²) in [6.45, 7) is 1.43. The molecule has 1 aliphatic rings. The van der Waals surface area contributed by atoms with Crippen LogP contribution < -0.4 is 10.2 Å². The van der Waals surface area contributed by atoms with E-state index in [2.05, 4.69) is 5.43 Å². The third-order valence-electron chi connectivity index (χ3n) is 4.73. The van der Waals surface area contributed by atoms with Gasteiger partial charge in [0.15, 0.2) is 12.4 Å². The number of nitrogens with one attached hydrogen (secondary N) is 1. The molecule has 2 amide bonds. The van der Waals surface area contributed by atoms with Crippen molar-refractivity contribution in [2.24, 2.45) is 5.92 Å². The Morgan fingerprint density at radius 3 is 2.50 bits per heavy atom. The Bertz CT molecular complexity index is 970. The molecular formula is C22H22N2O6. The lowest BCUT2D eigenvalue weighted by molar-refractivity contribution is -0.147. The van der Waals surface area contributed by atoms with Crippen LogP contribution in [-0.4, -0.2) is 48.8 Å². The van der Waals surface area contributed by atoms with Crippen LogP contribution in [0.2, 0.25) is 0 Å². The van der Waals surface area contributed by atoms with Crippen molar-refractivity contribution in [3.63, 3.8) is 0 Å². The van der Waals surface area contributed by atoms with Gasteiger partial charge in [-0.1, -0.05) is 17.7 Å². The van der Waals surface area contributed by atoms with Crippen LogP contribution >= 0.6 is 0 Å². The first kappa shape index (κ1) is 21.0. The Morgan fingerprint density at radius 2 is 1.83 bits per heavy atom. The van der Waals surface area contributed by atoms with E-state index in [1.165, 1.54) is 7.11 Å². The summed E-state index contributed by atoms with van der Waals surface area (Å²) in [6.07, 6.45) is -0.0936. The number of aryl methyl sites for hydroxylation is 1. The van der Waals surface area contributed by atoms with Crippen LogP contribution in [0.4, 0.5) is 0 Å². The molecule has 1 aliphatic heterocycles. The molecule has 0 radical (unpaired) electrons. The molecule has 0 unspecified atom stereocenters. The quantitative estimate of drug-likeness (QED) is 0.553. The lowest BCUT2D eigenvalue weighted by Crippen LogP contribution is -2.43. The number of ketones is 1. The number of carbonyl (C=O) groups excluding carboxylic acids is 4. The van der Waals surface area contributed by atoms with Gasteiger partial charge in [-0.2, -0.15) is 0 Å². The number of hydrogen-bond acceptors (Lipinski definition) is 6.